The van der Waals surface area contributed by atoms with E-state index in [0.29, 0.717) is 6.07 Å². The summed E-state index contributed by atoms with van der Waals surface area (Å²) >= 11 is 0. The van der Waals surface area contributed by atoms with Crippen molar-refractivity contribution >= 4 is 5.69 Å². The fraction of sp³-hybridized carbons (Fsp3) is 0.0769. The number of halogens is 4. The minimum absolute atomic E-state index is 0.133. The van der Waals surface area contributed by atoms with Gasteiger partial charge in [0.05, 0.1) is 10.5 Å². The van der Waals surface area contributed by atoms with E-state index in [1.807, 2.05) is 0 Å². The van der Waals surface area contributed by atoms with Gasteiger partial charge in [-0.3, -0.25) is 10.1 Å². The summed E-state index contributed by atoms with van der Waals surface area (Å²) in [6, 6.07) is 6.88. The first-order valence-electron chi connectivity index (χ1n) is 5.40. The van der Waals surface area contributed by atoms with Crippen LogP contribution in [0.4, 0.5) is 23.2 Å². The topological polar surface area (TPSA) is 43.1 Å². The highest BCUT2D eigenvalue weighted by atomic mass is 19.4. The molecule has 7 heteroatoms. The summed E-state index contributed by atoms with van der Waals surface area (Å²) in [5, 5.41) is 10.6. The lowest BCUT2D eigenvalue weighted by atomic mass is 9.98. The van der Waals surface area contributed by atoms with Gasteiger partial charge in [0.2, 0.25) is 0 Å². The van der Waals surface area contributed by atoms with E-state index in [1.54, 1.807) is 0 Å². The zero-order valence-corrected chi connectivity index (χ0v) is 9.82. The number of nitro groups is 1. The van der Waals surface area contributed by atoms with Crippen molar-refractivity contribution in [3.63, 3.8) is 0 Å². The quantitative estimate of drug-likeness (QED) is 0.465. The molecule has 2 rings (SSSR count). The molecule has 0 spiro atoms. The first kappa shape index (κ1) is 14.0. The molecule has 2 aromatic rings. The minimum atomic E-state index is -4.74. The molecule has 3 nitrogen and oxygen atoms in total. The molecule has 20 heavy (non-hydrogen) atoms. The van der Waals surface area contributed by atoms with Crippen molar-refractivity contribution in [2.24, 2.45) is 0 Å². The number of nitrogens with zero attached hydrogens (tertiary/aromatic N) is 1. The Kier molecular flexibility index (Phi) is 3.44. The molecule has 0 aliphatic carbocycles. The van der Waals surface area contributed by atoms with Crippen molar-refractivity contribution in [2.45, 2.75) is 6.18 Å². The van der Waals surface area contributed by atoms with Crippen LogP contribution in [0.2, 0.25) is 0 Å². The van der Waals surface area contributed by atoms with Crippen molar-refractivity contribution in [3.05, 3.63) is 64.0 Å². The molecule has 0 aliphatic rings. The van der Waals surface area contributed by atoms with Gasteiger partial charge >= 0.3 is 6.18 Å². The van der Waals surface area contributed by atoms with Gasteiger partial charge in [0.1, 0.15) is 5.82 Å². The number of hydrogen-bond acceptors (Lipinski definition) is 2. The first-order chi connectivity index (χ1) is 9.29. The van der Waals surface area contributed by atoms with Gasteiger partial charge in [-0.1, -0.05) is 12.1 Å². The monoisotopic (exact) mass is 285 g/mol. The van der Waals surface area contributed by atoms with E-state index in [1.165, 1.54) is 12.1 Å². The van der Waals surface area contributed by atoms with Gasteiger partial charge < -0.3 is 0 Å². The molecule has 0 amide bonds. The number of rotatable bonds is 2. The van der Waals surface area contributed by atoms with Gasteiger partial charge in [-0.05, 0) is 29.3 Å². The van der Waals surface area contributed by atoms with Crippen molar-refractivity contribution in [1.29, 1.82) is 0 Å². The smallest absolute Gasteiger partial charge is 0.258 e. The van der Waals surface area contributed by atoms with Crippen LogP contribution in [-0.2, 0) is 6.18 Å². The largest absolute Gasteiger partial charge is 0.417 e. The predicted octanol–water partition coefficient (Wildman–Crippen LogP) is 4.42. The molecule has 0 radical (unpaired) electrons. The molecule has 2 aromatic carbocycles. The maximum absolute atomic E-state index is 13.0. The predicted molar refractivity (Wildman–Crippen MR) is 63.5 cm³/mol. The van der Waals surface area contributed by atoms with Crippen LogP contribution in [0.5, 0.6) is 0 Å². The Morgan fingerprint density at radius 2 is 1.60 bits per heavy atom. The molecule has 0 heterocycles. The Balaban J connectivity index is 2.63. The third-order valence-corrected chi connectivity index (χ3v) is 2.67. The summed E-state index contributed by atoms with van der Waals surface area (Å²) in [5.41, 5.74) is -1.88. The zero-order valence-electron chi connectivity index (χ0n) is 9.82. The van der Waals surface area contributed by atoms with Crippen molar-refractivity contribution in [3.8, 4) is 11.1 Å². The molecule has 0 saturated heterocycles. The van der Waals surface area contributed by atoms with Crippen LogP contribution < -0.4 is 0 Å². The molecule has 0 atom stereocenters. The summed E-state index contributed by atoms with van der Waals surface area (Å²) in [5.74, 6) is -0.579. The molecule has 0 unspecified atom stereocenters. The van der Waals surface area contributed by atoms with Crippen LogP contribution in [0.3, 0.4) is 0 Å². The highest BCUT2D eigenvalue weighted by Crippen LogP contribution is 2.39. The molecule has 0 bridgehead atoms. The number of benzene rings is 2. The van der Waals surface area contributed by atoms with E-state index in [0.717, 1.165) is 24.3 Å². The molecule has 104 valence electrons. The fourth-order valence-electron chi connectivity index (χ4n) is 1.76. The summed E-state index contributed by atoms with van der Waals surface area (Å²) in [7, 11) is 0. The lowest BCUT2D eigenvalue weighted by molar-refractivity contribution is -0.385. The van der Waals surface area contributed by atoms with Crippen LogP contribution in [0.15, 0.2) is 42.5 Å². The third-order valence-electron chi connectivity index (χ3n) is 2.67. The average Bonchev–Trinajstić information content (AvgIpc) is 2.38. The molecular weight excluding hydrogens is 278 g/mol. The van der Waals surface area contributed by atoms with Crippen molar-refractivity contribution < 1.29 is 22.5 Å². The van der Waals surface area contributed by atoms with Crippen LogP contribution in [0.1, 0.15) is 5.56 Å². The van der Waals surface area contributed by atoms with E-state index in [2.05, 4.69) is 0 Å². The van der Waals surface area contributed by atoms with Crippen LogP contribution in [0.25, 0.3) is 11.1 Å². The standard InChI is InChI=1S/C13H7F4NO2/c14-9-3-1-8(2-4-9)11-6-5-10(18(19)20)7-12(11)13(15,16)17/h1-7H. The molecule has 0 N–H and O–H groups in total. The number of non-ortho nitro benzene ring substituents is 1. The second-order valence-corrected chi connectivity index (χ2v) is 3.99. The van der Waals surface area contributed by atoms with Crippen LogP contribution in [-0.4, -0.2) is 4.92 Å². The van der Waals surface area contributed by atoms with E-state index in [-0.39, 0.29) is 11.1 Å². The highest BCUT2D eigenvalue weighted by Gasteiger charge is 2.35. The molecule has 0 fully saturated rings. The Morgan fingerprint density at radius 1 is 1.00 bits per heavy atom. The zero-order chi connectivity index (χ0) is 14.9. The lowest BCUT2D eigenvalue weighted by Gasteiger charge is -2.12. The number of nitro benzene ring substituents is 1. The van der Waals surface area contributed by atoms with Crippen molar-refractivity contribution in [1.82, 2.24) is 0 Å². The maximum atomic E-state index is 13.0. The fourth-order valence-corrected chi connectivity index (χ4v) is 1.76. The molecule has 0 aromatic heterocycles. The Bertz CT molecular complexity index is 650. The molecule has 0 aliphatic heterocycles. The Hall–Kier alpha value is -2.44. The number of hydrogen-bond donors (Lipinski definition) is 0. The SMILES string of the molecule is O=[N+]([O-])c1ccc(-c2ccc(F)cc2)c(C(F)(F)F)c1. The summed E-state index contributed by atoms with van der Waals surface area (Å²) in [6.07, 6.45) is -4.74. The summed E-state index contributed by atoms with van der Waals surface area (Å²) in [4.78, 5) is 9.66. The van der Waals surface area contributed by atoms with E-state index in [9.17, 15) is 27.7 Å². The van der Waals surface area contributed by atoms with Gasteiger partial charge in [0, 0.05) is 12.1 Å². The van der Waals surface area contributed by atoms with Gasteiger partial charge in [-0.2, -0.15) is 13.2 Å². The van der Waals surface area contributed by atoms with E-state index in [4.69, 9.17) is 0 Å². The first-order valence-corrected chi connectivity index (χ1v) is 5.40. The van der Waals surface area contributed by atoms with E-state index >= 15 is 0 Å². The molecule has 0 saturated carbocycles. The number of alkyl halides is 3. The summed E-state index contributed by atoms with van der Waals surface area (Å²) < 4.78 is 51.7. The second-order valence-electron chi connectivity index (χ2n) is 3.99. The normalized spacial score (nSPS) is 11.4. The van der Waals surface area contributed by atoms with Crippen LogP contribution in [0, 0.1) is 15.9 Å². The van der Waals surface area contributed by atoms with Gasteiger partial charge in [-0.25, -0.2) is 4.39 Å². The molecular formula is C13H7F4NO2. The third kappa shape index (κ3) is 2.76. The Labute approximate surface area is 110 Å². The van der Waals surface area contributed by atoms with Gasteiger partial charge in [0.25, 0.3) is 5.69 Å². The maximum Gasteiger partial charge on any atom is 0.417 e. The van der Waals surface area contributed by atoms with E-state index < -0.39 is 28.2 Å². The lowest BCUT2D eigenvalue weighted by Crippen LogP contribution is -2.08. The van der Waals surface area contributed by atoms with Crippen molar-refractivity contribution in [2.75, 3.05) is 0 Å². The van der Waals surface area contributed by atoms with Gasteiger partial charge in [0.15, 0.2) is 0 Å². The van der Waals surface area contributed by atoms with Gasteiger partial charge in [-0.15, -0.1) is 0 Å². The average molecular weight is 285 g/mol. The highest BCUT2D eigenvalue weighted by molar-refractivity contribution is 5.69. The Morgan fingerprint density at radius 3 is 2.10 bits per heavy atom. The minimum Gasteiger partial charge on any atom is -0.258 e. The second kappa shape index (κ2) is 4.92. The van der Waals surface area contributed by atoms with Crippen LogP contribution >= 0.6 is 0 Å². The summed E-state index contributed by atoms with van der Waals surface area (Å²) in [6.45, 7) is 0.